The van der Waals surface area contributed by atoms with Crippen molar-refractivity contribution in [2.75, 3.05) is 32.7 Å². The number of carbonyl (C=O) groups excluding carboxylic acids is 2. The second-order valence-corrected chi connectivity index (χ2v) is 4.39. The molecule has 1 fully saturated rings. The number of amides is 3. The Kier molecular flexibility index (Phi) is 5.93. The van der Waals surface area contributed by atoms with Gasteiger partial charge in [-0.05, 0) is 13.3 Å². The fourth-order valence-corrected chi connectivity index (χ4v) is 1.81. The number of piperazine rings is 1. The average molecular weight is 242 g/mol. The number of urea groups is 1. The van der Waals surface area contributed by atoms with Crippen molar-refractivity contribution in [1.29, 1.82) is 0 Å². The highest BCUT2D eigenvalue weighted by molar-refractivity contribution is 5.95. The second kappa shape index (κ2) is 7.24. The molecule has 6 heteroatoms. The Hall–Kier alpha value is -1.14. The lowest BCUT2D eigenvalue weighted by Crippen LogP contribution is -2.53. The summed E-state index contributed by atoms with van der Waals surface area (Å²) in [6, 6.07) is -0.00880. The lowest BCUT2D eigenvalue weighted by Gasteiger charge is -2.31. The number of nitrogens with zero attached hydrogens (tertiary/aromatic N) is 1. The molecule has 17 heavy (non-hydrogen) atoms. The Balaban J connectivity index is 2.21. The number of carbonyl (C=O) groups is 2. The van der Waals surface area contributed by atoms with Crippen LogP contribution in [-0.4, -0.2) is 55.6 Å². The van der Waals surface area contributed by atoms with Gasteiger partial charge in [0, 0.05) is 32.2 Å². The van der Waals surface area contributed by atoms with Crippen LogP contribution in [0, 0.1) is 0 Å². The Labute approximate surface area is 102 Å². The zero-order valence-electron chi connectivity index (χ0n) is 10.6. The summed E-state index contributed by atoms with van der Waals surface area (Å²) >= 11 is 0. The van der Waals surface area contributed by atoms with Crippen LogP contribution >= 0.6 is 0 Å². The van der Waals surface area contributed by atoms with E-state index in [1.807, 2.05) is 11.8 Å². The maximum absolute atomic E-state index is 11.6. The van der Waals surface area contributed by atoms with E-state index in [-0.39, 0.29) is 12.5 Å². The highest BCUT2D eigenvalue weighted by Crippen LogP contribution is 1.97. The Morgan fingerprint density at radius 2 is 2.24 bits per heavy atom. The topological polar surface area (TPSA) is 73.5 Å². The van der Waals surface area contributed by atoms with E-state index in [0.717, 1.165) is 26.1 Å². The van der Waals surface area contributed by atoms with Gasteiger partial charge in [-0.1, -0.05) is 6.92 Å². The summed E-state index contributed by atoms with van der Waals surface area (Å²) in [6.07, 6.45) is 0.858. The van der Waals surface area contributed by atoms with E-state index in [9.17, 15) is 9.59 Å². The van der Waals surface area contributed by atoms with E-state index >= 15 is 0 Å². The molecule has 0 radical (unpaired) electrons. The Morgan fingerprint density at radius 1 is 1.47 bits per heavy atom. The number of rotatable bonds is 4. The van der Waals surface area contributed by atoms with Crippen molar-refractivity contribution in [3.8, 4) is 0 Å². The van der Waals surface area contributed by atoms with Crippen molar-refractivity contribution in [2.45, 2.75) is 26.3 Å². The van der Waals surface area contributed by atoms with Crippen LogP contribution in [0.25, 0.3) is 0 Å². The molecule has 0 spiro atoms. The molecule has 1 saturated heterocycles. The van der Waals surface area contributed by atoms with Gasteiger partial charge in [0.1, 0.15) is 0 Å². The molecule has 1 atom stereocenters. The van der Waals surface area contributed by atoms with Crippen LogP contribution in [-0.2, 0) is 4.79 Å². The van der Waals surface area contributed by atoms with Crippen LogP contribution < -0.4 is 16.0 Å². The van der Waals surface area contributed by atoms with Crippen molar-refractivity contribution < 1.29 is 9.59 Å². The summed E-state index contributed by atoms with van der Waals surface area (Å²) in [5.41, 5.74) is 0. The smallest absolute Gasteiger partial charge is 0.321 e. The second-order valence-electron chi connectivity index (χ2n) is 4.39. The Morgan fingerprint density at radius 3 is 2.88 bits per heavy atom. The van der Waals surface area contributed by atoms with Gasteiger partial charge >= 0.3 is 6.03 Å². The third-order valence-electron chi connectivity index (χ3n) is 2.61. The molecule has 1 heterocycles. The van der Waals surface area contributed by atoms with Gasteiger partial charge in [0.05, 0.1) is 6.54 Å². The summed E-state index contributed by atoms with van der Waals surface area (Å²) < 4.78 is 0. The first-order chi connectivity index (χ1) is 8.11. The molecule has 0 bridgehead atoms. The molecular formula is C11H22N4O2. The first-order valence-corrected chi connectivity index (χ1v) is 6.15. The number of hydrogen-bond donors (Lipinski definition) is 3. The normalized spacial score (nSPS) is 20.9. The van der Waals surface area contributed by atoms with E-state index in [2.05, 4.69) is 22.9 Å². The number of hydrogen-bond acceptors (Lipinski definition) is 4. The highest BCUT2D eigenvalue weighted by atomic mass is 16.2. The van der Waals surface area contributed by atoms with Crippen LogP contribution in [0.2, 0.25) is 0 Å². The summed E-state index contributed by atoms with van der Waals surface area (Å²) in [4.78, 5) is 24.8. The number of imide groups is 1. The summed E-state index contributed by atoms with van der Waals surface area (Å²) in [6.45, 7) is 7.48. The van der Waals surface area contributed by atoms with Gasteiger partial charge < -0.3 is 10.6 Å². The van der Waals surface area contributed by atoms with Gasteiger partial charge in [0.25, 0.3) is 0 Å². The summed E-state index contributed by atoms with van der Waals surface area (Å²) in [7, 11) is 0. The predicted octanol–water partition coefficient (Wildman–Crippen LogP) is -0.484. The molecule has 0 unspecified atom stereocenters. The molecule has 1 aliphatic rings. The molecule has 3 amide bonds. The molecule has 6 nitrogen and oxygen atoms in total. The van der Waals surface area contributed by atoms with E-state index in [4.69, 9.17) is 0 Å². The zero-order valence-corrected chi connectivity index (χ0v) is 10.6. The SMILES string of the molecule is CCCNC(=O)NC(=O)CN1CCN[C@H](C)C1. The molecule has 0 aliphatic carbocycles. The lowest BCUT2D eigenvalue weighted by molar-refractivity contribution is -0.121. The average Bonchev–Trinajstić information content (AvgIpc) is 2.26. The fraction of sp³-hybridized carbons (Fsp3) is 0.818. The Bertz CT molecular complexity index is 270. The maximum atomic E-state index is 11.6. The first kappa shape index (κ1) is 13.9. The van der Waals surface area contributed by atoms with Crippen molar-refractivity contribution >= 4 is 11.9 Å². The molecular weight excluding hydrogens is 220 g/mol. The molecule has 0 aromatic rings. The third kappa shape index (κ3) is 5.65. The monoisotopic (exact) mass is 242 g/mol. The van der Waals surface area contributed by atoms with E-state index in [1.165, 1.54) is 0 Å². The van der Waals surface area contributed by atoms with Gasteiger partial charge in [0.2, 0.25) is 5.91 Å². The number of nitrogens with one attached hydrogen (secondary N) is 3. The van der Waals surface area contributed by atoms with E-state index < -0.39 is 6.03 Å². The minimum atomic E-state index is -0.403. The summed E-state index contributed by atoms with van der Waals surface area (Å²) in [5, 5.41) is 8.23. The molecule has 0 aromatic carbocycles. The molecule has 98 valence electrons. The van der Waals surface area contributed by atoms with Crippen LogP contribution in [0.3, 0.4) is 0 Å². The van der Waals surface area contributed by atoms with Gasteiger partial charge in [-0.2, -0.15) is 0 Å². The summed E-state index contributed by atoms with van der Waals surface area (Å²) in [5.74, 6) is -0.243. The van der Waals surface area contributed by atoms with Gasteiger partial charge in [0.15, 0.2) is 0 Å². The van der Waals surface area contributed by atoms with Crippen molar-refractivity contribution in [2.24, 2.45) is 0 Å². The first-order valence-electron chi connectivity index (χ1n) is 6.15. The van der Waals surface area contributed by atoms with Crippen LogP contribution in [0.5, 0.6) is 0 Å². The maximum Gasteiger partial charge on any atom is 0.321 e. The minimum absolute atomic E-state index is 0.243. The standard InChI is InChI=1S/C11H22N4O2/c1-3-4-13-11(17)14-10(16)8-15-6-5-12-9(2)7-15/h9,12H,3-8H2,1-2H3,(H2,13,14,16,17)/t9-/m1/s1. The van der Waals surface area contributed by atoms with Gasteiger partial charge in [-0.3, -0.25) is 15.0 Å². The molecule has 1 rings (SSSR count). The highest BCUT2D eigenvalue weighted by Gasteiger charge is 2.18. The van der Waals surface area contributed by atoms with E-state index in [0.29, 0.717) is 12.6 Å². The van der Waals surface area contributed by atoms with Crippen LogP contribution in [0.15, 0.2) is 0 Å². The fourth-order valence-electron chi connectivity index (χ4n) is 1.81. The van der Waals surface area contributed by atoms with E-state index in [1.54, 1.807) is 0 Å². The van der Waals surface area contributed by atoms with Crippen molar-refractivity contribution in [1.82, 2.24) is 20.9 Å². The molecule has 0 aromatic heterocycles. The zero-order chi connectivity index (χ0) is 12.7. The van der Waals surface area contributed by atoms with Gasteiger partial charge in [-0.15, -0.1) is 0 Å². The quantitative estimate of drug-likeness (QED) is 0.622. The largest absolute Gasteiger partial charge is 0.338 e. The molecule has 0 saturated carbocycles. The van der Waals surface area contributed by atoms with Gasteiger partial charge in [-0.25, -0.2) is 4.79 Å². The van der Waals surface area contributed by atoms with Crippen LogP contribution in [0.4, 0.5) is 4.79 Å². The predicted molar refractivity (Wildman–Crippen MR) is 65.7 cm³/mol. The third-order valence-corrected chi connectivity index (χ3v) is 2.61. The molecule has 1 aliphatic heterocycles. The van der Waals surface area contributed by atoms with Crippen molar-refractivity contribution in [3.63, 3.8) is 0 Å². The molecule has 3 N–H and O–H groups in total. The van der Waals surface area contributed by atoms with Crippen molar-refractivity contribution in [3.05, 3.63) is 0 Å². The minimum Gasteiger partial charge on any atom is -0.338 e. The van der Waals surface area contributed by atoms with Crippen LogP contribution in [0.1, 0.15) is 20.3 Å². The lowest BCUT2D eigenvalue weighted by atomic mass is 10.2.